The molecule has 0 amide bonds. The molecule has 5 atom stereocenters. The first kappa shape index (κ1) is 15.7. The summed E-state index contributed by atoms with van der Waals surface area (Å²) < 4.78 is 27.0. The molecule has 22 heavy (non-hydrogen) atoms. The molecule has 2 saturated carbocycles. The van der Waals surface area contributed by atoms with Gasteiger partial charge in [0.25, 0.3) is 0 Å². The number of carbonyl (C=O) groups is 2. The van der Waals surface area contributed by atoms with Gasteiger partial charge in [-0.15, -0.1) is 0 Å². The molecule has 0 aromatic heterocycles. The smallest absolute Gasteiger partial charge is 0.344 e. The first-order valence-electron chi connectivity index (χ1n) is 7.39. The van der Waals surface area contributed by atoms with Crippen molar-refractivity contribution >= 4 is 11.9 Å². The normalized spacial score (nSPS) is 44.1. The van der Waals surface area contributed by atoms with E-state index < -0.39 is 28.9 Å². The number of carbonyl (C=O) groups excluding carboxylic acids is 2. The van der Waals surface area contributed by atoms with E-state index in [1.54, 1.807) is 0 Å². The molecule has 7 heteroatoms. The molecule has 2 aliphatic heterocycles. The highest BCUT2D eigenvalue weighted by molar-refractivity contribution is 5.94. The predicted octanol–water partition coefficient (Wildman–Crippen LogP) is 0.505. The molecule has 2 aliphatic carbocycles. The van der Waals surface area contributed by atoms with Crippen LogP contribution in [0.2, 0.25) is 0 Å². The summed E-state index contributed by atoms with van der Waals surface area (Å²) in [6, 6.07) is 0. The highest BCUT2D eigenvalue weighted by Crippen LogP contribution is 2.74. The molecule has 0 spiro atoms. The Morgan fingerprint density at radius 2 is 1.32 bits per heavy atom. The van der Waals surface area contributed by atoms with Crippen molar-refractivity contribution in [2.24, 2.45) is 17.8 Å². The SMILES string of the molecule is COC(=O)[C@@]12O[C@@](C(=O)OC)([C@H]3CC(C)C[C@H]31)C2(OC)OC. The van der Waals surface area contributed by atoms with Crippen LogP contribution in [0.3, 0.4) is 0 Å². The summed E-state index contributed by atoms with van der Waals surface area (Å²) in [5.74, 6) is -2.69. The third kappa shape index (κ3) is 1.26. The molecule has 2 bridgehead atoms. The van der Waals surface area contributed by atoms with Crippen LogP contribution in [0, 0.1) is 17.8 Å². The number of ether oxygens (including phenoxy) is 5. The highest BCUT2D eigenvalue weighted by atomic mass is 16.8. The number of hydrogen-bond donors (Lipinski definition) is 0. The van der Waals surface area contributed by atoms with Crippen LogP contribution in [0.15, 0.2) is 0 Å². The van der Waals surface area contributed by atoms with Gasteiger partial charge in [-0.3, -0.25) is 0 Å². The molecule has 0 N–H and O–H groups in total. The van der Waals surface area contributed by atoms with Crippen LogP contribution in [0.25, 0.3) is 0 Å². The second-order valence-corrected chi connectivity index (χ2v) is 6.37. The van der Waals surface area contributed by atoms with Gasteiger partial charge in [0.15, 0.2) is 0 Å². The number of rotatable bonds is 4. The zero-order chi connectivity index (χ0) is 16.3. The topological polar surface area (TPSA) is 80.3 Å². The summed E-state index contributed by atoms with van der Waals surface area (Å²) in [6.45, 7) is 2.09. The van der Waals surface area contributed by atoms with Crippen LogP contribution in [0.5, 0.6) is 0 Å². The Bertz CT molecular complexity index is 474. The van der Waals surface area contributed by atoms with Crippen LogP contribution < -0.4 is 0 Å². The lowest BCUT2D eigenvalue weighted by Crippen LogP contribution is -2.84. The van der Waals surface area contributed by atoms with Crippen molar-refractivity contribution in [1.82, 2.24) is 0 Å². The predicted molar refractivity (Wildman–Crippen MR) is 72.7 cm³/mol. The largest absolute Gasteiger partial charge is 0.467 e. The standard InChI is InChI=1S/C15H22O7/c1-8-6-9-10(7-8)14(12(17)19-3)15(20-4,21-5)13(9,22-14)11(16)18-2/h8-10H,6-7H2,1-5H3/t8?,9-,10+,13+,14-. The van der Waals surface area contributed by atoms with E-state index in [9.17, 15) is 9.59 Å². The summed E-state index contributed by atoms with van der Waals surface area (Å²) in [5, 5.41) is 0. The monoisotopic (exact) mass is 314 g/mol. The number of methoxy groups -OCH3 is 4. The maximum atomic E-state index is 12.6. The Morgan fingerprint density at radius 1 is 0.909 bits per heavy atom. The lowest BCUT2D eigenvalue weighted by Gasteiger charge is -2.59. The van der Waals surface area contributed by atoms with Crippen LogP contribution in [-0.2, 0) is 33.3 Å². The van der Waals surface area contributed by atoms with Crippen LogP contribution in [0.4, 0.5) is 0 Å². The minimum atomic E-state index is -1.52. The van der Waals surface area contributed by atoms with Gasteiger partial charge in [0.1, 0.15) is 0 Å². The van der Waals surface area contributed by atoms with E-state index >= 15 is 0 Å². The summed E-state index contributed by atoms with van der Waals surface area (Å²) in [5.41, 5.74) is -2.84. The second kappa shape index (κ2) is 4.66. The van der Waals surface area contributed by atoms with Crippen LogP contribution in [0.1, 0.15) is 19.8 Å². The molecular formula is C15H22O7. The minimum Gasteiger partial charge on any atom is -0.467 e. The van der Waals surface area contributed by atoms with E-state index in [4.69, 9.17) is 23.7 Å². The van der Waals surface area contributed by atoms with Gasteiger partial charge in [0.2, 0.25) is 17.0 Å². The zero-order valence-corrected chi connectivity index (χ0v) is 13.5. The molecule has 124 valence electrons. The van der Waals surface area contributed by atoms with E-state index in [-0.39, 0.29) is 11.8 Å². The molecule has 1 unspecified atom stereocenters. The van der Waals surface area contributed by atoms with E-state index in [0.29, 0.717) is 5.92 Å². The molecule has 7 nitrogen and oxygen atoms in total. The molecule has 4 fully saturated rings. The van der Waals surface area contributed by atoms with E-state index in [1.807, 2.05) is 0 Å². The minimum absolute atomic E-state index is 0.200. The van der Waals surface area contributed by atoms with E-state index in [1.165, 1.54) is 28.4 Å². The van der Waals surface area contributed by atoms with Gasteiger partial charge in [0.05, 0.1) is 14.2 Å². The van der Waals surface area contributed by atoms with E-state index in [0.717, 1.165) is 12.8 Å². The Kier molecular flexibility index (Phi) is 3.33. The Labute approximate surface area is 129 Å². The van der Waals surface area contributed by atoms with Gasteiger partial charge >= 0.3 is 11.9 Å². The third-order valence-corrected chi connectivity index (χ3v) is 5.69. The highest BCUT2D eigenvalue weighted by Gasteiger charge is 2.97. The van der Waals surface area contributed by atoms with Gasteiger partial charge in [-0.25, -0.2) is 9.59 Å². The zero-order valence-electron chi connectivity index (χ0n) is 13.5. The van der Waals surface area contributed by atoms with Crippen molar-refractivity contribution in [1.29, 1.82) is 0 Å². The lowest BCUT2D eigenvalue weighted by molar-refractivity contribution is -0.447. The average molecular weight is 314 g/mol. The van der Waals surface area contributed by atoms with Crippen molar-refractivity contribution in [2.75, 3.05) is 28.4 Å². The Hall–Kier alpha value is -1.18. The Balaban J connectivity index is 2.19. The first-order valence-corrected chi connectivity index (χ1v) is 7.39. The van der Waals surface area contributed by atoms with Crippen molar-refractivity contribution < 1.29 is 33.3 Å². The molecular weight excluding hydrogens is 292 g/mol. The molecule has 0 radical (unpaired) electrons. The third-order valence-electron chi connectivity index (χ3n) is 5.69. The van der Waals surface area contributed by atoms with Crippen molar-refractivity contribution in [2.45, 2.75) is 36.8 Å². The molecule has 2 heterocycles. The summed E-state index contributed by atoms with van der Waals surface area (Å²) in [4.78, 5) is 25.1. The van der Waals surface area contributed by atoms with Crippen molar-refractivity contribution in [3.8, 4) is 0 Å². The quantitative estimate of drug-likeness (QED) is 0.552. The average Bonchev–Trinajstić information content (AvgIpc) is 3.07. The van der Waals surface area contributed by atoms with Crippen LogP contribution >= 0.6 is 0 Å². The number of esters is 2. The van der Waals surface area contributed by atoms with Crippen molar-refractivity contribution in [3.05, 3.63) is 0 Å². The molecule has 2 saturated heterocycles. The Morgan fingerprint density at radius 3 is 1.64 bits per heavy atom. The maximum absolute atomic E-state index is 12.6. The first-order chi connectivity index (χ1) is 10.4. The van der Waals surface area contributed by atoms with Gasteiger partial charge in [-0.05, 0) is 18.8 Å². The fraction of sp³-hybridized carbons (Fsp3) is 0.867. The fourth-order valence-electron chi connectivity index (χ4n) is 5.10. The fourth-order valence-corrected chi connectivity index (χ4v) is 5.10. The maximum Gasteiger partial charge on any atom is 0.344 e. The van der Waals surface area contributed by atoms with Gasteiger partial charge < -0.3 is 23.7 Å². The van der Waals surface area contributed by atoms with Crippen LogP contribution in [-0.4, -0.2) is 57.4 Å². The number of hydrogen-bond acceptors (Lipinski definition) is 7. The molecule has 0 aromatic carbocycles. The molecule has 4 aliphatic rings. The summed E-state index contributed by atoms with van der Waals surface area (Å²) >= 11 is 0. The molecule has 4 rings (SSSR count). The van der Waals surface area contributed by atoms with Gasteiger partial charge in [-0.1, -0.05) is 6.92 Å². The summed E-state index contributed by atoms with van der Waals surface area (Å²) in [6.07, 6.45) is 1.49. The summed E-state index contributed by atoms with van der Waals surface area (Å²) in [7, 11) is 5.40. The van der Waals surface area contributed by atoms with Gasteiger partial charge in [0, 0.05) is 26.1 Å². The lowest BCUT2D eigenvalue weighted by atomic mass is 9.74. The van der Waals surface area contributed by atoms with E-state index in [2.05, 4.69) is 6.92 Å². The van der Waals surface area contributed by atoms with Crippen molar-refractivity contribution in [3.63, 3.8) is 0 Å². The second-order valence-electron chi connectivity index (χ2n) is 6.37. The van der Waals surface area contributed by atoms with Gasteiger partial charge in [-0.2, -0.15) is 0 Å². The molecule has 0 aromatic rings.